The van der Waals surface area contributed by atoms with Crippen LogP contribution in [-0.2, 0) is 22.7 Å². The van der Waals surface area contributed by atoms with Crippen molar-refractivity contribution in [1.82, 2.24) is 0 Å². The number of rotatable bonds is 11. The molecule has 4 rings (SSSR count). The van der Waals surface area contributed by atoms with Gasteiger partial charge in [-0.15, -0.1) is 5.16 Å². The van der Waals surface area contributed by atoms with Crippen LogP contribution in [-0.4, -0.2) is 6.72 Å². The quantitative estimate of drug-likeness (QED) is 0.194. The highest BCUT2D eigenvalue weighted by Crippen LogP contribution is 2.32. The Morgan fingerprint density at radius 3 is 2.41 bits per heavy atom. The number of hydrogen-bond donors (Lipinski definition) is 2. The van der Waals surface area contributed by atoms with E-state index in [1.54, 1.807) is 0 Å². The minimum Gasteiger partial charge on any atom is -0.391 e. The normalized spacial score (nSPS) is 11.6. The van der Waals surface area contributed by atoms with E-state index in [2.05, 4.69) is 65.7 Å². The van der Waals surface area contributed by atoms with Gasteiger partial charge in [-0.3, -0.25) is 4.84 Å². The number of nitrogens with two attached hydrogens (primary N) is 1. The average Bonchev–Trinajstić information content (AvgIpc) is 2.89. The standard InChI is InChI=1S/C29H29N3O2/c1-31-33-21-23-10-8-14-26(20-23)32-28-16-6-5-15-27(28)25-13-7-9-22(19-25)17-18-29(34-30)24-11-3-2-4-12-24/h2-16,19-20,29,32H,1,17-18,21,30H2. The van der Waals surface area contributed by atoms with E-state index in [0.29, 0.717) is 6.61 Å². The summed E-state index contributed by atoms with van der Waals surface area (Å²) in [5, 5.41) is 7.02. The van der Waals surface area contributed by atoms with Crippen molar-refractivity contribution in [2.75, 3.05) is 5.32 Å². The van der Waals surface area contributed by atoms with E-state index in [4.69, 9.17) is 15.6 Å². The minimum atomic E-state index is -0.133. The van der Waals surface area contributed by atoms with Gasteiger partial charge in [0.1, 0.15) is 12.7 Å². The van der Waals surface area contributed by atoms with Gasteiger partial charge in [-0.1, -0.05) is 84.9 Å². The summed E-state index contributed by atoms with van der Waals surface area (Å²) in [5.74, 6) is 5.60. The third kappa shape index (κ3) is 6.10. The molecule has 4 aromatic carbocycles. The van der Waals surface area contributed by atoms with Crippen LogP contribution >= 0.6 is 0 Å². The van der Waals surface area contributed by atoms with Crippen LogP contribution in [0.4, 0.5) is 11.4 Å². The van der Waals surface area contributed by atoms with Gasteiger partial charge in [0.15, 0.2) is 0 Å². The summed E-state index contributed by atoms with van der Waals surface area (Å²) < 4.78 is 0. The fourth-order valence-electron chi connectivity index (χ4n) is 4.03. The second-order valence-corrected chi connectivity index (χ2v) is 8.05. The third-order valence-electron chi connectivity index (χ3n) is 5.72. The van der Waals surface area contributed by atoms with E-state index in [9.17, 15) is 0 Å². The molecule has 0 saturated carbocycles. The lowest BCUT2D eigenvalue weighted by Gasteiger charge is -2.16. The molecule has 0 amide bonds. The molecular formula is C29H29N3O2. The molecule has 0 aliphatic rings. The van der Waals surface area contributed by atoms with Crippen molar-refractivity contribution >= 4 is 18.1 Å². The van der Waals surface area contributed by atoms with Crippen LogP contribution in [0.1, 0.15) is 29.2 Å². The van der Waals surface area contributed by atoms with E-state index in [-0.39, 0.29) is 6.10 Å². The highest BCUT2D eigenvalue weighted by atomic mass is 16.6. The van der Waals surface area contributed by atoms with Gasteiger partial charge >= 0.3 is 0 Å². The Bertz CT molecular complexity index is 1210. The number of aryl methyl sites for hydroxylation is 1. The lowest BCUT2D eigenvalue weighted by molar-refractivity contribution is 0.0467. The van der Waals surface area contributed by atoms with Gasteiger partial charge in [0.2, 0.25) is 0 Å². The number of nitrogens with one attached hydrogen (secondary N) is 1. The number of hydrogen-bond acceptors (Lipinski definition) is 5. The molecule has 172 valence electrons. The van der Waals surface area contributed by atoms with Gasteiger partial charge in [-0.25, -0.2) is 5.90 Å². The van der Waals surface area contributed by atoms with Gasteiger partial charge in [0, 0.05) is 23.7 Å². The Hall–Kier alpha value is -3.93. The second kappa shape index (κ2) is 11.8. The van der Waals surface area contributed by atoms with Crippen molar-refractivity contribution in [3.63, 3.8) is 0 Å². The van der Waals surface area contributed by atoms with Crippen molar-refractivity contribution in [2.45, 2.75) is 25.6 Å². The number of anilines is 2. The topological polar surface area (TPSA) is 68.9 Å². The summed E-state index contributed by atoms with van der Waals surface area (Å²) in [6.07, 6.45) is 1.53. The monoisotopic (exact) mass is 451 g/mol. The van der Waals surface area contributed by atoms with Crippen LogP contribution in [0.15, 0.2) is 108 Å². The SMILES string of the molecule is C=NOCc1cccc(Nc2ccccc2-c2cccc(CCC(ON)c3ccccc3)c2)c1. The first-order valence-corrected chi connectivity index (χ1v) is 11.3. The Kier molecular flexibility index (Phi) is 8.06. The molecule has 0 aliphatic carbocycles. The summed E-state index contributed by atoms with van der Waals surface area (Å²) in [6, 6.07) is 35.1. The molecule has 34 heavy (non-hydrogen) atoms. The zero-order chi connectivity index (χ0) is 23.6. The first kappa shape index (κ1) is 23.2. The zero-order valence-electron chi connectivity index (χ0n) is 19.1. The first-order chi connectivity index (χ1) is 16.8. The molecule has 0 radical (unpaired) electrons. The van der Waals surface area contributed by atoms with Gasteiger partial charge < -0.3 is 10.2 Å². The largest absolute Gasteiger partial charge is 0.391 e. The van der Waals surface area contributed by atoms with Gasteiger partial charge in [0.25, 0.3) is 0 Å². The van der Waals surface area contributed by atoms with E-state index >= 15 is 0 Å². The highest BCUT2D eigenvalue weighted by Gasteiger charge is 2.12. The molecule has 5 nitrogen and oxygen atoms in total. The molecule has 0 spiro atoms. The molecule has 0 heterocycles. The molecule has 0 fully saturated rings. The Labute approximate surface area is 200 Å². The van der Waals surface area contributed by atoms with Gasteiger partial charge in [0.05, 0.1) is 0 Å². The number of nitrogens with zero attached hydrogens (tertiary/aromatic N) is 1. The maximum absolute atomic E-state index is 5.60. The molecule has 5 heteroatoms. The van der Waals surface area contributed by atoms with Crippen molar-refractivity contribution < 1.29 is 9.68 Å². The summed E-state index contributed by atoms with van der Waals surface area (Å²) in [6.45, 7) is 3.75. The lowest BCUT2D eigenvalue weighted by Crippen LogP contribution is -2.10. The van der Waals surface area contributed by atoms with E-state index < -0.39 is 0 Å². The van der Waals surface area contributed by atoms with Crippen LogP contribution in [0.3, 0.4) is 0 Å². The fraction of sp³-hybridized carbons (Fsp3) is 0.138. The molecule has 1 atom stereocenters. The molecule has 4 aromatic rings. The van der Waals surface area contributed by atoms with Crippen LogP contribution in [0, 0.1) is 0 Å². The lowest BCUT2D eigenvalue weighted by atomic mass is 9.97. The van der Waals surface area contributed by atoms with Crippen molar-refractivity contribution in [3.05, 3.63) is 120 Å². The minimum absolute atomic E-state index is 0.133. The van der Waals surface area contributed by atoms with Crippen molar-refractivity contribution in [3.8, 4) is 11.1 Å². The van der Waals surface area contributed by atoms with E-state index in [1.165, 1.54) is 5.56 Å². The smallest absolute Gasteiger partial charge is 0.142 e. The molecule has 0 aliphatic heterocycles. The number of para-hydroxylation sites is 1. The maximum atomic E-state index is 5.60. The fourth-order valence-corrected chi connectivity index (χ4v) is 4.03. The first-order valence-electron chi connectivity index (χ1n) is 11.3. The van der Waals surface area contributed by atoms with Gasteiger partial charge in [-0.05, 0) is 53.3 Å². The Morgan fingerprint density at radius 2 is 1.59 bits per heavy atom. The van der Waals surface area contributed by atoms with E-state index in [1.807, 2.05) is 54.6 Å². The molecule has 3 N–H and O–H groups in total. The van der Waals surface area contributed by atoms with Crippen molar-refractivity contribution in [1.29, 1.82) is 0 Å². The third-order valence-corrected chi connectivity index (χ3v) is 5.72. The van der Waals surface area contributed by atoms with Crippen LogP contribution in [0.25, 0.3) is 11.1 Å². The average molecular weight is 452 g/mol. The molecule has 0 bridgehead atoms. The summed E-state index contributed by atoms with van der Waals surface area (Å²) >= 11 is 0. The summed E-state index contributed by atoms with van der Waals surface area (Å²) in [7, 11) is 0. The van der Waals surface area contributed by atoms with Crippen LogP contribution in [0.2, 0.25) is 0 Å². The summed E-state index contributed by atoms with van der Waals surface area (Å²) in [5.41, 5.74) is 7.65. The highest BCUT2D eigenvalue weighted by molar-refractivity contribution is 5.81. The van der Waals surface area contributed by atoms with Crippen LogP contribution < -0.4 is 11.2 Å². The number of benzene rings is 4. The van der Waals surface area contributed by atoms with E-state index in [0.717, 1.165) is 46.5 Å². The number of oxime groups is 1. The Morgan fingerprint density at radius 1 is 0.824 bits per heavy atom. The predicted molar refractivity (Wildman–Crippen MR) is 139 cm³/mol. The van der Waals surface area contributed by atoms with Gasteiger partial charge in [-0.2, -0.15) is 0 Å². The molecule has 0 saturated heterocycles. The predicted octanol–water partition coefficient (Wildman–Crippen LogP) is 6.79. The second-order valence-electron chi connectivity index (χ2n) is 8.05. The maximum Gasteiger partial charge on any atom is 0.142 e. The zero-order valence-corrected chi connectivity index (χ0v) is 19.1. The Balaban J connectivity index is 1.51. The van der Waals surface area contributed by atoms with Crippen molar-refractivity contribution in [2.24, 2.45) is 11.1 Å². The summed E-state index contributed by atoms with van der Waals surface area (Å²) in [4.78, 5) is 10.3. The molecular weight excluding hydrogens is 422 g/mol. The molecule has 0 aromatic heterocycles. The molecule has 1 unspecified atom stereocenters. The van der Waals surface area contributed by atoms with Crippen LogP contribution in [0.5, 0.6) is 0 Å².